The van der Waals surface area contributed by atoms with Crippen LogP contribution < -0.4 is 5.32 Å². The van der Waals surface area contributed by atoms with Gasteiger partial charge in [-0.2, -0.15) is 0 Å². The van der Waals surface area contributed by atoms with Crippen LogP contribution in [0.1, 0.15) is 53.4 Å². The zero-order chi connectivity index (χ0) is 12.0. The molecule has 1 heterocycles. The van der Waals surface area contributed by atoms with Gasteiger partial charge in [-0.05, 0) is 57.3 Å². The first-order valence-corrected chi connectivity index (χ1v) is 6.97. The molecule has 1 aliphatic heterocycles. The maximum atomic E-state index is 3.71. The van der Waals surface area contributed by atoms with E-state index in [0.29, 0.717) is 5.41 Å². The fourth-order valence-corrected chi connectivity index (χ4v) is 2.33. The molecule has 0 amide bonds. The van der Waals surface area contributed by atoms with Gasteiger partial charge in [-0.1, -0.05) is 27.7 Å². The molecule has 1 aliphatic rings. The highest BCUT2D eigenvalue weighted by Crippen LogP contribution is 2.18. The van der Waals surface area contributed by atoms with E-state index in [1.165, 1.54) is 51.9 Å². The second kappa shape index (κ2) is 6.61. The molecule has 0 unspecified atom stereocenters. The van der Waals surface area contributed by atoms with E-state index in [9.17, 15) is 0 Å². The first-order chi connectivity index (χ1) is 7.51. The average Bonchev–Trinajstić information content (AvgIpc) is 2.19. The molecule has 1 rings (SSSR count). The van der Waals surface area contributed by atoms with Crippen molar-refractivity contribution in [3.63, 3.8) is 0 Å². The van der Waals surface area contributed by atoms with Gasteiger partial charge in [0.1, 0.15) is 0 Å². The summed E-state index contributed by atoms with van der Waals surface area (Å²) in [6.45, 7) is 14.3. The Morgan fingerprint density at radius 2 is 1.81 bits per heavy atom. The summed E-state index contributed by atoms with van der Waals surface area (Å²) >= 11 is 0. The van der Waals surface area contributed by atoms with Gasteiger partial charge in [0.25, 0.3) is 0 Å². The Morgan fingerprint density at radius 3 is 2.31 bits per heavy atom. The lowest BCUT2D eigenvalue weighted by molar-refractivity contribution is 0.195. The molecule has 0 atom stereocenters. The summed E-state index contributed by atoms with van der Waals surface area (Å²) in [5, 5.41) is 3.71. The summed E-state index contributed by atoms with van der Waals surface area (Å²) in [6, 6.07) is 0.774. The van der Waals surface area contributed by atoms with E-state index in [2.05, 4.69) is 37.9 Å². The lowest BCUT2D eigenvalue weighted by Gasteiger charge is -2.32. The minimum Gasteiger partial charge on any atom is -0.314 e. The summed E-state index contributed by atoms with van der Waals surface area (Å²) in [4.78, 5) is 2.60. The highest BCUT2D eigenvalue weighted by molar-refractivity contribution is 4.77. The van der Waals surface area contributed by atoms with Crippen LogP contribution in [0.5, 0.6) is 0 Å². The molecule has 0 aromatic carbocycles. The topological polar surface area (TPSA) is 15.3 Å². The maximum Gasteiger partial charge on any atom is 0.00914 e. The predicted molar refractivity (Wildman–Crippen MR) is 71.8 cm³/mol. The zero-order valence-corrected chi connectivity index (χ0v) is 11.7. The van der Waals surface area contributed by atoms with E-state index < -0.39 is 0 Å². The van der Waals surface area contributed by atoms with Crippen molar-refractivity contribution in [2.75, 3.05) is 26.2 Å². The summed E-state index contributed by atoms with van der Waals surface area (Å²) in [5.41, 5.74) is 0.468. The molecule has 1 saturated heterocycles. The van der Waals surface area contributed by atoms with E-state index in [4.69, 9.17) is 0 Å². The summed E-state index contributed by atoms with van der Waals surface area (Å²) in [7, 11) is 0. The molecule has 96 valence electrons. The summed E-state index contributed by atoms with van der Waals surface area (Å²) in [5.74, 6) is 0. The summed E-state index contributed by atoms with van der Waals surface area (Å²) in [6.07, 6.45) is 5.25. The second-order valence-corrected chi connectivity index (χ2v) is 6.38. The SMILES string of the molecule is CCCN1CCC(NCCC(C)(C)C)CC1. The van der Waals surface area contributed by atoms with Crippen LogP contribution in [0.2, 0.25) is 0 Å². The number of piperidine rings is 1. The summed E-state index contributed by atoms with van der Waals surface area (Å²) < 4.78 is 0. The molecule has 0 aliphatic carbocycles. The van der Waals surface area contributed by atoms with Gasteiger partial charge in [0.05, 0.1) is 0 Å². The predicted octanol–water partition coefficient (Wildman–Crippen LogP) is 2.89. The second-order valence-electron chi connectivity index (χ2n) is 6.38. The van der Waals surface area contributed by atoms with Crippen LogP contribution in [0.25, 0.3) is 0 Å². The van der Waals surface area contributed by atoms with Crippen LogP contribution in [0.15, 0.2) is 0 Å². The smallest absolute Gasteiger partial charge is 0.00914 e. The van der Waals surface area contributed by atoms with Gasteiger partial charge in [-0.3, -0.25) is 0 Å². The number of hydrogen-bond acceptors (Lipinski definition) is 2. The monoisotopic (exact) mass is 226 g/mol. The minimum absolute atomic E-state index is 0.468. The first kappa shape index (κ1) is 14.0. The van der Waals surface area contributed by atoms with Crippen molar-refractivity contribution >= 4 is 0 Å². The molecular weight excluding hydrogens is 196 g/mol. The largest absolute Gasteiger partial charge is 0.314 e. The van der Waals surface area contributed by atoms with Crippen molar-refractivity contribution in [2.24, 2.45) is 5.41 Å². The molecule has 0 aromatic heterocycles. The van der Waals surface area contributed by atoms with E-state index in [1.54, 1.807) is 0 Å². The Labute approximate surface area is 102 Å². The molecule has 0 saturated carbocycles. The molecular formula is C14H30N2. The van der Waals surface area contributed by atoms with E-state index >= 15 is 0 Å². The molecule has 0 spiro atoms. The zero-order valence-electron chi connectivity index (χ0n) is 11.7. The van der Waals surface area contributed by atoms with E-state index in [1.807, 2.05) is 0 Å². The highest BCUT2D eigenvalue weighted by Gasteiger charge is 2.18. The van der Waals surface area contributed by atoms with Gasteiger partial charge in [0.15, 0.2) is 0 Å². The van der Waals surface area contributed by atoms with E-state index in [0.717, 1.165) is 6.04 Å². The maximum absolute atomic E-state index is 3.71. The highest BCUT2D eigenvalue weighted by atomic mass is 15.1. The van der Waals surface area contributed by atoms with Crippen LogP contribution in [-0.4, -0.2) is 37.1 Å². The van der Waals surface area contributed by atoms with Gasteiger partial charge in [-0.25, -0.2) is 0 Å². The lowest BCUT2D eigenvalue weighted by atomic mass is 9.92. The molecule has 16 heavy (non-hydrogen) atoms. The van der Waals surface area contributed by atoms with Gasteiger partial charge >= 0.3 is 0 Å². The number of nitrogens with one attached hydrogen (secondary N) is 1. The average molecular weight is 226 g/mol. The Bertz CT molecular complexity index is 176. The van der Waals surface area contributed by atoms with Gasteiger partial charge in [0.2, 0.25) is 0 Å². The van der Waals surface area contributed by atoms with Gasteiger partial charge in [0, 0.05) is 6.04 Å². The molecule has 0 bridgehead atoms. The first-order valence-electron chi connectivity index (χ1n) is 6.97. The number of hydrogen-bond donors (Lipinski definition) is 1. The molecule has 1 fully saturated rings. The molecule has 0 radical (unpaired) electrons. The Kier molecular flexibility index (Phi) is 5.77. The minimum atomic E-state index is 0.468. The molecule has 2 nitrogen and oxygen atoms in total. The quantitative estimate of drug-likeness (QED) is 0.775. The normalized spacial score (nSPS) is 20.2. The number of rotatable bonds is 5. The number of nitrogens with zero attached hydrogens (tertiary/aromatic N) is 1. The lowest BCUT2D eigenvalue weighted by Crippen LogP contribution is -2.43. The van der Waals surface area contributed by atoms with Gasteiger partial charge < -0.3 is 10.2 Å². The third kappa shape index (κ3) is 5.86. The van der Waals surface area contributed by atoms with Crippen LogP contribution in [-0.2, 0) is 0 Å². The van der Waals surface area contributed by atoms with Crippen molar-refractivity contribution in [3.05, 3.63) is 0 Å². The van der Waals surface area contributed by atoms with Crippen molar-refractivity contribution in [1.82, 2.24) is 10.2 Å². The third-order valence-corrected chi connectivity index (χ3v) is 3.44. The van der Waals surface area contributed by atoms with Crippen molar-refractivity contribution in [2.45, 2.75) is 59.4 Å². The fraction of sp³-hybridized carbons (Fsp3) is 1.00. The van der Waals surface area contributed by atoms with Gasteiger partial charge in [-0.15, -0.1) is 0 Å². The van der Waals surface area contributed by atoms with Crippen LogP contribution in [0, 0.1) is 5.41 Å². The molecule has 2 heteroatoms. The fourth-order valence-electron chi connectivity index (χ4n) is 2.33. The standard InChI is InChI=1S/C14H30N2/c1-5-10-16-11-6-13(7-12-16)15-9-8-14(2,3)4/h13,15H,5-12H2,1-4H3. The van der Waals surface area contributed by atoms with Crippen molar-refractivity contribution in [3.8, 4) is 0 Å². The molecule has 1 N–H and O–H groups in total. The Hall–Kier alpha value is -0.0800. The van der Waals surface area contributed by atoms with Crippen LogP contribution >= 0.6 is 0 Å². The molecule has 0 aromatic rings. The number of likely N-dealkylation sites (tertiary alicyclic amines) is 1. The van der Waals surface area contributed by atoms with Crippen molar-refractivity contribution in [1.29, 1.82) is 0 Å². The third-order valence-electron chi connectivity index (χ3n) is 3.44. The Balaban J connectivity index is 2.08. The Morgan fingerprint density at radius 1 is 1.19 bits per heavy atom. The van der Waals surface area contributed by atoms with Crippen molar-refractivity contribution < 1.29 is 0 Å². The van der Waals surface area contributed by atoms with E-state index in [-0.39, 0.29) is 0 Å². The van der Waals surface area contributed by atoms with Crippen LogP contribution in [0.3, 0.4) is 0 Å². The van der Waals surface area contributed by atoms with Crippen LogP contribution in [0.4, 0.5) is 0 Å².